The Balaban J connectivity index is 1.76. The largest absolute Gasteiger partial charge is 0.508 e. The van der Waals surface area contributed by atoms with E-state index >= 15 is 0 Å². The third kappa shape index (κ3) is 5.20. The number of hydrogen-bond donors (Lipinski definition) is 2. The predicted octanol–water partition coefficient (Wildman–Crippen LogP) is 5.78. The summed E-state index contributed by atoms with van der Waals surface area (Å²) >= 11 is 0. The van der Waals surface area contributed by atoms with Gasteiger partial charge in [-0.1, -0.05) is 48.5 Å². The molecule has 7 heteroatoms. The molecule has 6 nitrogen and oxygen atoms in total. The Morgan fingerprint density at radius 3 is 2.47 bits per heavy atom. The number of nitrogens with one attached hydrogen (secondary N) is 1. The fourth-order valence-electron chi connectivity index (χ4n) is 3.59. The SMILES string of the molecule is CC(C)N(Cc1ccccc1)C(=O)c1cnc(Nc2cccc(O)c2)nc1-c1ccccc1F. The quantitative estimate of drug-likeness (QED) is 0.368. The summed E-state index contributed by atoms with van der Waals surface area (Å²) in [5.74, 6) is -0.516. The molecule has 1 aromatic heterocycles. The summed E-state index contributed by atoms with van der Waals surface area (Å²) in [6.45, 7) is 4.27. The molecule has 0 aliphatic heterocycles. The molecule has 4 rings (SSSR count). The fraction of sp³-hybridized carbons (Fsp3) is 0.148. The van der Waals surface area contributed by atoms with Crippen molar-refractivity contribution < 1.29 is 14.3 Å². The Morgan fingerprint density at radius 1 is 1.03 bits per heavy atom. The van der Waals surface area contributed by atoms with Gasteiger partial charge in [-0.3, -0.25) is 4.79 Å². The van der Waals surface area contributed by atoms with Gasteiger partial charge in [-0.2, -0.15) is 0 Å². The van der Waals surface area contributed by atoms with Crippen LogP contribution in [-0.4, -0.2) is 31.9 Å². The summed E-state index contributed by atoms with van der Waals surface area (Å²) in [5.41, 5.74) is 2.15. The molecule has 0 saturated heterocycles. The maximum atomic E-state index is 14.8. The van der Waals surface area contributed by atoms with Crippen molar-refractivity contribution in [1.82, 2.24) is 14.9 Å². The lowest BCUT2D eigenvalue weighted by Crippen LogP contribution is -2.37. The van der Waals surface area contributed by atoms with Gasteiger partial charge in [0.2, 0.25) is 5.95 Å². The molecule has 0 bridgehead atoms. The third-order valence-electron chi connectivity index (χ3n) is 5.33. The lowest BCUT2D eigenvalue weighted by molar-refractivity contribution is 0.0690. The van der Waals surface area contributed by atoms with Gasteiger partial charge in [0.15, 0.2) is 0 Å². The lowest BCUT2D eigenvalue weighted by atomic mass is 10.0. The maximum absolute atomic E-state index is 14.8. The van der Waals surface area contributed by atoms with Crippen molar-refractivity contribution in [2.75, 3.05) is 5.32 Å². The number of amides is 1. The predicted molar refractivity (Wildman–Crippen MR) is 130 cm³/mol. The minimum atomic E-state index is -0.488. The summed E-state index contributed by atoms with van der Waals surface area (Å²) in [4.78, 5) is 24.2. The number of carbonyl (C=O) groups is 1. The van der Waals surface area contributed by atoms with E-state index in [2.05, 4.69) is 15.3 Å². The molecule has 0 saturated carbocycles. The van der Waals surface area contributed by atoms with Crippen molar-refractivity contribution in [3.8, 4) is 17.0 Å². The maximum Gasteiger partial charge on any atom is 0.258 e. The topological polar surface area (TPSA) is 78.4 Å². The smallest absolute Gasteiger partial charge is 0.258 e. The zero-order valence-electron chi connectivity index (χ0n) is 18.9. The van der Waals surface area contributed by atoms with Crippen LogP contribution in [0.1, 0.15) is 29.8 Å². The molecule has 1 heterocycles. The highest BCUT2D eigenvalue weighted by molar-refractivity contribution is 6.00. The van der Waals surface area contributed by atoms with E-state index in [-0.39, 0.29) is 40.5 Å². The van der Waals surface area contributed by atoms with Gasteiger partial charge in [-0.25, -0.2) is 14.4 Å². The molecule has 34 heavy (non-hydrogen) atoms. The molecular formula is C27H25FN4O2. The molecule has 0 radical (unpaired) electrons. The van der Waals surface area contributed by atoms with Crippen molar-refractivity contribution in [2.24, 2.45) is 0 Å². The molecule has 2 N–H and O–H groups in total. The van der Waals surface area contributed by atoms with Gasteiger partial charge >= 0.3 is 0 Å². The van der Waals surface area contributed by atoms with Crippen molar-refractivity contribution >= 4 is 17.5 Å². The van der Waals surface area contributed by atoms with E-state index in [4.69, 9.17) is 0 Å². The first-order valence-electron chi connectivity index (χ1n) is 11.0. The van der Waals surface area contributed by atoms with E-state index in [9.17, 15) is 14.3 Å². The summed E-state index contributed by atoms with van der Waals surface area (Å²) in [6.07, 6.45) is 1.42. The summed E-state index contributed by atoms with van der Waals surface area (Å²) in [5, 5.41) is 12.7. The van der Waals surface area contributed by atoms with Gasteiger partial charge in [0.05, 0.1) is 11.3 Å². The van der Waals surface area contributed by atoms with E-state index in [1.54, 1.807) is 41.3 Å². The second-order valence-corrected chi connectivity index (χ2v) is 8.12. The Bertz CT molecular complexity index is 1290. The number of anilines is 2. The van der Waals surface area contributed by atoms with Gasteiger partial charge in [0, 0.05) is 36.1 Å². The fourth-order valence-corrected chi connectivity index (χ4v) is 3.59. The first-order valence-corrected chi connectivity index (χ1v) is 11.0. The van der Waals surface area contributed by atoms with Crippen LogP contribution in [0, 0.1) is 5.82 Å². The molecule has 0 aliphatic carbocycles. The molecular weight excluding hydrogens is 431 g/mol. The van der Waals surface area contributed by atoms with E-state index in [1.165, 1.54) is 18.3 Å². The van der Waals surface area contributed by atoms with Crippen LogP contribution in [0.4, 0.5) is 16.0 Å². The monoisotopic (exact) mass is 456 g/mol. The van der Waals surface area contributed by atoms with Gasteiger partial charge in [-0.05, 0) is 43.7 Å². The number of aromatic hydroxyl groups is 1. The van der Waals surface area contributed by atoms with Crippen LogP contribution in [-0.2, 0) is 6.54 Å². The van der Waals surface area contributed by atoms with Gasteiger partial charge in [0.1, 0.15) is 11.6 Å². The van der Waals surface area contributed by atoms with Gasteiger partial charge in [-0.15, -0.1) is 0 Å². The molecule has 4 aromatic rings. The zero-order chi connectivity index (χ0) is 24.1. The Kier molecular flexibility index (Phi) is 6.82. The average Bonchev–Trinajstić information content (AvgIpc) is 2.83. The van der Waals surface area contributed by atoms with Crippen molar-refractivity contribution in [3.63, 3.8) is 0 Å². The number of rotatable bonds is 7. The molecule has 1 amide bonds. The first-order chi connectivity index (χ1) is 16.4. The molecule has 3 aromatic carbocycles. The van der Waals surface area contributed by atoms with Crippen LogP contribution in [0.15, 0.2) is 85.1 Å². The lowest BCUT2D eigenvalue weighted by Gasteiger charge is -2.27. The highest BCUT2D eigenvalue weighted by Crippen LogP contribution is 2.28. The number of nitrogens with zero attached hydrogens (tertiary/aromatic N) is 3. The summed E-state index contributed by atoms with van der Waals surface area (Å²) in [7, 11) is 0. The number of aromatic nitrogens is 2. The van der Waals surface area contributed by atoms with Crippen molar-refractivity contribution in [1.29, 1.82) is 0 Å². The molecule has 0 aliphatic rings. The Hall–Kier alpha value is -4.26. The van der Waals surface area contributed by atoms with Crippen molar-refractivity contribution in [3.05, 3.63) is 102 Å². The van der Waals surface area contributed by atoms with Gasteiger partial charge < -0.3 is 15.3 Å². The number of carbonyl (C=O) groups excluding carboxylic acids is 1. The third-order valence-corrected chi connectivity index (χ3v) is 5.33. The second kappa shape index (κ2) is 10.1. The Morgan fingerprint density at radius 2 is 1.76 bits per heavy atom. The standard InChI is InChI=1S/C27H25FN4O2/c1-18(2)32(17-19-9-4-3-5-10-19)26(34)23-16-29-27(30-20-11-8-12-21(33)15-20)31-25(23)22-13-6-7-14-24(22)28/h3-16,18,33H,17H2,1-2H3,(H,29,30,31). The first kappa shape index (κ1) is 22.9. The van der Waals surface area contributed by atoms with Crippen molar-refractivity contribution in [2.45, 2.75) is 26.4 Å². The van der Waals surface area contributed by atoms with Crippen LogP contribution in [0.3, 0.4) is 0 Å². The van der Waals surface area contributed by atoms with Crippen LogP contribution >= 0.6 is 0 Å². The van der Waals surface area contributed by atoms with Gasteiger partial charge in [0.25, 0.3) is 5.91 Å². The number of benzene rings is 3. The van der Waals surface area contributed by atoms with E-state index in [0.717, 1.165) is 5.56 Å². The minimum Gasteiger partial charge on any atom is -0.508 e. The number of phenols is 1. The summed E-state index contributed by atoms with van der Waals surface area (Å²) < 4.78 is 14.8. The van der Waals surface area contributed by atoms with Crippen LogP contribution in [0.2, 0.25) is 0 Å². The molecule has 0 spiro atoms. The van der Waals surface area contributed by atoms with Crippen LogP contribution < -0.4 is 5.32 Å². The molecule has 172 valence electrons. The van der Waals surface area contributed by atoms with E-state index < -0.39 is 5.82 Å². The molecule has 0 fully saturated rings. The van der Waals surface area contributed by atoms with E-state index in [1.807, 2.05) is 44.2 Å². The van der Waals surface area contributed by atoms with Crippen LogP contribution in [0.25, 0.3) is 11.3 Å². The average molecular weight is 457 g/mol. The molecule has 0 atom stereocenters. The zero-order valence-corrected chi connectivity index (χ0v) is 18.9. The number of phenolic OH excluding ortho intramolecular Hbond substituents is 1. The highest BCUT2D eigenvalue weighted by Gasteiger charge is 2.25. The Labute approximate surface area is 197 Å². The van der Waals surface area contributed by atoms with Crippen LogP contribution in [0.5, 0.6) is 5.75 Å². The molecule has 0 unspecified atom stereocenters. The summed E-state index contributed by atoms with van der Waals surface area (Å²) in [6, 6.07) is 22.3. The second-order valence-electron chi connectivity index (χ2n) is 8.12. The number of hydrogen-bond acceptors (Lipinski definition) is 5. The normalized spacial score (nSPS) is 10.8. The highest BCUT2D eigenvalue weighted by atomic mass is 19.1. The van der Waals surface area contributed by atoms with E-state index in [0.29, 0.717) is 12.2 Å². The number of halogens is 1. The minimum absolute atomic E-state index is 0.0830.